The van der Waals surface area contributed by atoms with Gasteiger partial charge in [-0.3, -0.25) is 14.7 Å². The molecule has 0 atom stereocenters. The summed E-state index contributed by atoms with van der Waals surface area (Å²) in [6.45, 7) is 3.91. The number of fused-ring (bicyclic) bond motifs is 1. The molecule has 0 radical (unpaired) electrons. The van der Waals surface area contributed by atoms with Crippen molar-refractivity contribution < 1.29 is 0 Å². The van der Waals surface area contributed by atoms with Crippen molar-refractivity contribution in [2.24, 2.45) is 0 Å². The second kappa shape index (κ2) is 4.48. The summed E-state index contributed by atoms with van der Waals surface area (Å²) in [6.07, 6.45) is 2.31. The van der Waals surface area contributed by atoms with Gasteiger partial charge in [-0.05, 0) is 25.5 Å². The number of nitrogens with one attached hydrogen (secondary N) is 2. The third kappa shape index (κ3) is 1.77. The van der Waals surface area contributed by atoms with E-state index in [1.807, 2.05) is 13.8 Å². The molecule has 0 aliphatic carbocycles. The largest absolute Gasteiger partial charge is 0.329 e. The van der Waals surface area contributed by atoms with Crippen LogP contribution in [0.4, 0.5) is 0 Å². The standard InChI is InChI=1S/C14H14N4O2/c1-3-9-8(2)17-18-12(19)7-11(16-13(9)18)10-5-4-6-15-14(10)20/h4-7,17H,3H2,1-2H3,(H,15,20). The maximum atomic E-state index is 12.1. The van der Waals surface area contributed by atoms with E-state index in [1.54, 1.807) is 18.3 Å². The van der Waals surface area contributed by atoms with Gasteiger partial charge in [0.2, 0.25) is 0 Å². The molecule has 6 heteroatoms. The first kappa shape index (κ1) is 12.4. The van der Waals surface area contributed by atoms with Crippen LogP contribution in [0.1, 0.15) is 18.2 Å². The normalized spacial score (nSPS) is 11.1. The van der Waals surface area contributed by atoms with E-state index in [0.29, 0.717) is 16.9 Å². The molecule has 3 aromatic rings. The lowest BCUT2D eigenvalue weighted by molar-refractivity contribution is 0.882. The second-order valence-corrected chi connectivity index (χ2v) is 4.62. The number of nitrogens with zero attached hydrogens (tertiary/aromatic N) is 2. The van der Waals surface area contributed by atoms with E-state index in [4.69, 9.17) is 0 Å². The van der Waals surface area contributed by atoms with Crippen LogP contribution in [-0.2, 0) is 6.42 Å². The van der Waals surface area contributed by atoms with Crippen LogP contribution in [0.25, 0.3) is 16.9 Å². The fourth-order valence-electron chi connectivity index (χ4n) is 2.38. The average molecular weight is 270 g/mol. The SMILES string of the molecule is CCc1c(C)[nH]n2c(=O)cc(-c3ccc[nH]c3=O)nc12. The molecule has 20 heavy (non-hydrogen) atoms. The van der Waals surface area contributed by atoms with Gasteiger partial charge in [0.25, 0.3) is 11.1 Å². The number of rotatable bonds is 2. The Morgan fingerprint density at radius 3 is 2.85 bits per heavy atom. The summed E-state index contributed by atoms with van der Waals surface area (Å²) in [6, 6.07) is 4.73. The van der Waals surface area contributed by atoms with Gasteiger partial charge in [0.15, 0.2) is 5.65 Å². The fourth-order valence-corrected chi connectivity index (χ4v) is 2.38. The van der Waals surface area contributed by atoms with Crippen molar-refractivity contribution in [3.8, 4) is 11.3 Å². The lowest BCUT2D eigenvalue weighted by Crippen LogP contribution is -2.17. The Morgan fingerprint density at radius 2 is 2.15 bits per heavy atom. The first-order chi connectivity index (χ1) is 9.61. The molecule has 0 aliphatic heterocycles. The molecule has 0 aliphatic rings. The lowest BCUT2D eigenvalue weighted by atomic mass is 10.2. The topological polar surface area (TPSA) is 83.0 Å². The Kier molecular flexibility index (Phi) is 2.78. The molecule has 0 fully saturated rings. The van der Waals surface area contributed by atoms with Crippen molar-refractivity contribution in [3.05, 3.63) is 56.4 Å². The molecule has 0 saturated carbocycles. The number of H-pyrrole nitrogens is 2. The van der Waals surface area contributed by atoms with Crippen molar-refractivity contribution in [3.63, 3.8) is 0 Å². The van der Waals surface area contributed by atoms with E-state index in [-0.39, 0.29) is 11.1 Å². The van der Waals surface area contributed by atoms with E-state index < -0.39 is 0 Å². The molecular weight excluding hydrogens is 256 g/mol. The monoisotopic (exact) mass is 270 g/mol. The molecule has 0 aromatic carbocycles. The maximum absolute atomic E-state index is 12.1. The van der Waals surface area contributed by atoms with Crippen molar-refractivity contribution in [1.29, 1.82) is 0 Å². The van der Waals surface area contributed by atoms with Gasteiger partial charge in [0, 0.05) is 23.5 Å². The number of aromatic nitrogens is 4. The van der Waals surface area contributed by atoms with Crippen LogP contribution >= 0.6 is 0 Å². The summed E-state index contributed by atoms with van der Waals surface area (Å²) in [5.41, 5.74) is 2.78. The van der Waals surface area contributed by atoms with Gasteiger partial charge >= 0.3 is 0 Å². The van der Waals surface area contributed by atoms with Crippen LogP contribution < -0.4 is 11.1 Å². The quantitative estimate of drug-likeness (QED) is 0.735. The molecule has 2 N–H and O–H groups in total. The van der Waals surface area contributed by atoms with Gasteiger partial charge < -0.3 is 4.98 Å². The highest BCUT2D eigenvalue weighted by Gasteiger charge is 2.13. The molecule has 0 amide bonds. The predicted octanol–water partition coefficient (Wildman–Crippen LogP) is 1.25. The molecule has 0 spiro atoms. The van der Waals surface area contributed by atoms with Gasteiger partial charge in [0.1, 0.15) is 0 Å². The first-order valence-corrected chi connectivity index (χ1v) is 6.41. The van der Waals surface area contributed by atoms with E-state index in [9.17, 15) is 9.59 Å². The highest BCUT2D eigenvalue weighted by Crippen LogP contribution is 2.16. The zero-order valence-electron chi connectivity index (χ0n) is 11.2. The molecule has 0 bridgehead atoms. The van der Waals surface area contributed by atoms with Crippen molar-refractivity contribution >= 4 is 5.65 Å². The molecule has 3 aromatic heterocycles. The summed E-state index contributed by atoms with van der Waals surface area (Å²) in [7, 11) is 0. The Hall–Kier alpha value is -2.63. The van der Waals surface area contributed by atoms with E-state index in [2.05, 4.69) is 15.1 Å². The summed E-state index contributed by atoms with van der Waals surface area (Å²) in [5, 5.41) is 3.00. The van der Waals surface area contributed by atoms with E-state index >= 15 is 0 Å². The minimum atomic E-state index is -0.256. The number of hydrogen-bond acceptors (Lipinski definition) is 3. The Labute approximate surface area is 114 Å². The molecule has 102 valence electrons. The van der Waals surface area contributed by atoms with Crippen LogP contribution in [0.5, 0.6) is 0 Å². The highest BCUT2D eigenvalue weighted by atomic mass is 16.1. The van der Waals surface area contributed by atoms with Gasteiger partial charge in [-0.1, -0.05) is 6.92 Å². The Bertz CT molecular complexity index is 901. The van der Waals surface area contributed by atoms with Crippen LogP contribution in [0, 0.1) is 6.92 Å². The average Bonchev–Trinajstić information content (AvgIpc) is 2.75. The third-order valence-corrected chi connectivity index (χ3v) is 3.37. The first-order valence-electron chi connectivity index (χ1n) is 6.41. The molecule has 3 rings (SSSR count). The van der Waals surface area contributed by atoms with Crippen LogP contribution in [-0.4, -0.2) is 19.6 Å². The van der Waals surface area contributed by atoms with Crippen molar-refractivity contribution in [2.45, 2.75) is 20.3 Å². The van der Waals surface area contributed by atoms with E-state index in [0.717, 1.165) is 17.7 Å². The molecule has 0 saturated heterocycles. The van der Waals surface area contributed by atoms with Crippen LogP contribution in [0.3, 0.4) is 0 Å². The fraction of sp³-hybridized carbons (Fsp3) is 0.214. The summed E-state index contributed by atoms with van der Waals surface area (Å²) >= 11 is 0. The van der Waals surface area contributed by atoms with Gasteiger partial charge in [-0.25, -0.2) is 9.50 Å². The van der Waals surface area contributed by atoms with Gasteiger partial charge in [0.05, 0.1) is 11.3 Å². The summed E-state index contributed by atoms with van der Waals surface area (Å²) < 4.78 is 1.41. The lowest BCUT2D eigenvalue weighted by Gasteiger charge is -2.01. The van der Waals surface area contributed by atoms with Crippen molar-refractivity contribution in [1.82, 2.24) is 19.6 Å². The zero-order chi connectivity index (χ0) is 14.3. The molecule has 0 unspecified atom stereocenters. The smallest absolute Gasteiger partial charge is 0.273 e. The maximum Gasteiger partial charge on any atom is 0.273 e. The minimum Gasteiger partial charge on any atom is -0.329 e. The number of hydrogen-bond donors (Lipinski definition) is 2. The predicted molar refractivity (Wildman–Crippen MR) is 76.0 cm³/mol. The number of pyridine rings is 1. The molecule has 3 heterocycles. The van der Waals surface area contributed by atoms with Crippen LogP contribution in [0.15, 0.2) is 34.0 Å². The van der Waals surface area contributed by atoms with Gasteiger partial charge in [-0.15, -0.1) is 0 Å². The molecule has 6 nitrogen and oxygen atoms in total. The number of aryl methyl sites for hydroxylation is 2. The Balaban J connectivity index is 2.37. The van der Waals surface area contributed by atoms with E-state index in [1.165, 1.54) is 10.6 Å². The third-order valence-electron chi connectivity index (χ3n) is 3.37. The number of aromatic amines is 2. The summed E-state index contributed by atoms with van der Waals surface area (Å²) in [4.78, 5) is 31.0. The second-order valence-electron chi connectivity index (χ2n) is 4.62. The zero-order valence-corrected chi connectivity index (χ0v) is 11.2. The van der Waals surface area contributed by atoms with Gasteiger partial charge in [-0.2, -0.15) is 0 Å². The molecular formula is C14H14N4O2. The highest BCUT2D eigenvalue weighted by molar-refractivity contribution is 5.62. The Morgan fingerprint density at radius 1 is 1.35 bits per heavy atom. The minimum absolute atomic E-state index is 0.226. The van der Waals surface area contributed by atoms with Crippen molar-refractivity contribution in [2.75, 3.05) is 0 Å². The summed E-state index contributed by atoms with van der Waals surface area (Å²) in [5.74, 6) is 0. The van der Waals surface area contributed by atoms with Crippen LogP contribution in [0.2, 0.25) is 0 Å².